The van der Waals surface area contributed by atoms with Gasteiger partial charge in [-0.25, -0.2) is 9.78 Å². The molecule has 9 heteroatoms. The van der Waals surface area contributed by atoms with Crippen molar-refractivity contribution < 1.29 is 14.1 Å². The predicted molar refractivity (Wildman–Crippen MR) is 118 cm³/mol. The molecule has 0 saturated carbocycles. The first kappa shape index (κ1) is 21.0. The summed E-state index contributed by atoms with van der Waals surface area (Å²) in [5.41, 5.74) is 0.456. The van der Waals surface area contributed by atoms with Crippen molar-refractivity contribution in [2.24, 2.45) is 5.92 Å². The maximum atomic E-state index is 12.6. The lowest BCUT2D eigenvalue weighted by Crippen LogP contribution is -2.23. The molecule has 0 saturated heterocycles. The van der Waals surface area contributed by atoms with Crippen LogP contribution >= 0.6 is 0 Å². The molecule has 0 radical (unpaired) electrons. The molecule has 0 spiro atoms. The van der Waals surface area contributed by atoms with Gasteiger partial charge >= 0.3 is 11.2 Å². The zero-order valence-electron chi connectivity index (χ0n) is 17.3. The molecule has 0 N–H and O–H groups in total. The second kappa shape index (κ2) is 8.46. The zero-order chi connectivity index (χ0) is 22.8. The number of fused-ring (bicyclic) bond motifs is 1. The van der Waals surface area contributed by atoms with Crippen LogP contribution in [0.15, 0.2) is 74.9 Å². The number of nitro groups is 1. The molecule has 4 rings (SSSR count). The number of ether oxygens (including phenoxy) is 1. The molecule has 0 unspecified atom stereocenters. The third kappa shape index (κ3) is 4.27. The lowest BCUT2D eigenvalue weighted by Gasteiger charge is -2.11. The highest BCUT2D eigenvalue weighted by Crippen LogP contribution is 2.31. The Bertz CT molecular complexity index is 1420. The minimum atomic E-state index is -0.583. The molecule has 0 aliphatic carbocycles. The van der Waals surface area contributed by atoms with Gasteiger partial charge in [0.1, 0.15) is 11.3 Å². The van der Waals surface area contributed by atoms with Gasteiger partial charge < -0.3 is 13.7 Å². The molecule has 2 heterocycles. The topological polar surface area (TPSA) is 117 Å². The molecule has 2 aromatic heterocycles. The van der Waals surface area contributed by atoms with E-state index in [0.29, 0.717) is 23.1 Å². The Hall–Kier alpha value is -4.27. The maximum absolute atomic E-state index is 12.6. The first-order valence-electron chi connectivity index (χ1n) is 9.88. The van der Waals surface area contributed by atoms with Gasteiger partial charge in [-0.15, -0.1) is 0 Å². The van der Waals surface area contributed by atoms with E-state index in [9.17, 15) is 19.7 Å². The van der Waals surface area contributed by atoms with Crippen LogP contribution in [0.5, 0.6) is 11.6 Å². The molecule has 32 heavy (non-hydrogen) atoms. The van der Waals surface area contributed by atoms with Crippen LogP contribution in [0.25, 0.3) is 22.1 Å². The Morgan fingerprint density at radius 3 is 2.56 bits per heavy atom. The quantitative estimate of drug-likeness (QED) is 0.252. The summed E-state index contributed by atoms with van der Waals surface area (Å²) in [5, 5.41) is 11.5. The first-order valence-corrected chi connectivity index (χ1v) is 9.88. The Morgan fingerprint density at radius 1 is 1.12 bits per heavy atom. The number of aromatic nitrogens is 2. The van der Waals surface area contributed by atoms with Crippen molar-refractivity contribution in [3.63, 3.8) is 0 Å². The summed E-state index contributed by atoms with van der Waals surface area (Å²) in [6.07, 6.45) is 3.10. The molecule has 9 nitrogen and oxygen atoms in total. The standard InChI is InChI=1S/C23H19N3O6/c1-14(2)13-25-10-9-24-22(23(25)28)31-17-7-8-18-19(12-21(27)32-20(18)11-17)15-3-5-16(6-4-15)26(29)30/h3-12,14H,13H2,1-2H3. The Labute approximate surface area is 181 Å². The second-order valence-corrected chi connectivity index (χ2v) is 7.63. The van der Waals surface area contributed by atoms with Crippen LogP contribution in [-0.4, -0.2) is 14.5 Å². The van der Waals surface area contributed by atoms with E-state index in [4.69, 9.17) is 9.15 Å². The van der Waals surface area contributed by atoms with Crippen molar-refractivity contribution in [3.8, 4) is 22.8 Å². The van der Waals surface area contributed by atoms with Crippen molar-refractivity contribution in [1.29, 1.82) is 0 Å². The van der Waals surface area contributed by atoms with Crippen LogP contribution in [-0.2, 0) is 6.54 Å². The van der Waals surface area contributed by atoms with Gasteiger partial charge in [0, 0.05) is 48.6 Å². The average Bonchev–Trinajstić information content (AvgIpc) is 2.75. The summed E-state index contributed by atoms with van der Waals surface area (Å²) in [6.45, 7) is 4.53. The van der Waals surface area contributed by atoms with Gasteiger partial charge in [0.2, 0.25) is 0 Å². The highest BCUT2D eigenvalue weighted by molar-refractivity contribution is 5.93. The minimum absolute atomic E-state index is 0.0461. The van der Waals surface area contributed by atoms with Crippen LogP contribution < -0.4 is 15.9 Å². The fourth-order valence-corrected chi connectivity index (χ4v) is 3.35. The van der Waals surface area contributed by atoms with E-state index in [1.165, 1.54) is 35.0 Å². The molecule has 0 atom stereocenters. The molecule has 0 aliphatic heterocycles. The van der Waals surface area contributed by atoms with Gasteiger partial charge in [0.05, 0.1) is 4.92 Å². The Balaban J connectivity index is 1.72. The molecule has 0 aliphatic rings. The van der Waals surface area contributed by atoms with Crippen molar-refractivity contribution in [2.75, 3.05) is 0 Å². The molecule has 2 aromatic carbocycles. The van der Waals surface area contributed by atoms with Crippen LogP contribution in [0.3, 0.4) is 0 Å². The zero-order valence-corrected chi connectivity index (χ0v) is 17.3. The first-order chi connectivity index (χ1) is 15.3. The summed E-state index contributed by atoms with van der Waals surface area (Å²) >= 11 is 0. The highest BCUT2D eigenvalue weighted by Gasteiger charge is 2.13. The summed E-state index contributed by atoms with van der Waals surface area (Å²) in [5.74, 6) is 0.477. The number of nitrogens with zero attached hydrogens (tertiary/aromatic N) is 3. The van der Waals surface area contributed by atoms with Crippen molar-refractivity contribution in [3.05, 3.63) is 91.8 Å². The Kier molecular flexibility index (Phi) is 5.55. The molecular weight excluding hydrogens is 414 g/mol. The van der Waals surface area contributed by atoms with Gasteiger partial charge in [-0.3, -0.25) is 14.9 Å². The lowest BCUT2D eigenvalue weighted by molar-refractivity contribution is -0.384. The van der Waals surface area contributed by atoms with Gasteiger partial charge in [0.15, 0.2) is 0 Å². The van der Waals surface area contributed by atoms with Crippen LogP contribution in [0.4, 0.5) is 5.69 Å². The predicted octanol–water partition coefficient (Wildman–Crippen LogP) is 4.37. The Morgan fingerprint density at radius 2 is 1.88 bits per heavy atom. The van der Waals surface area contributed by atoms with Gasteiger partial charge in [-0.05, 0) is 41.3 Å². The molecule has 4 aromatic rings. The number of hydrogen-bond donors (Lipinski definition) is 0. The van der Waals surface area contributed by atoms with E-state index in [1.807, 2.05) is 13.8 Å². The molecular formula is C23H19N3O6. The summed E-state index contributed by atoms with van der Waals surface area (Å²) < 4.78 is 12.5. The highest BCUT2D eigenvalue weighted by atomic mass is 16.6. The molecule has 0 fully saturated rings. The minimum Gasteiger partial charge on any atom is -0.435 e. The summed E-state index contributed by atoms with van der Waals surface area (Å²) in [4.78, 5) is 39.2. The van der Waals surface area contributed by atoms with E-state index in [1.54, 1.807) is 30.5 Å². The second-order valence-electron chi connectivity index (χ2n) is 7.63. The number of non-ortho nitro benzene ring substituents is 1. The summed E-state index contributed by atoms with van der Waals surface area (Å²) in [7, 11) is 0. The lowest BCUT2D eigenvalue weighted by atomic mass is 10.0. The van der Waals surface area contributed by atoms with E-state index in [-0.39, 0.29) is 34.4 Å². The fourth-order valence-electron chi connectivity index (χ4n) is 3.35. The normalized spacial score (nSPS) is 11.1. The van der Waals surface area contributed by atoms with E-state index >= 15 is 0 Å². The third-order valence-corrected chi connectivity index (χ3v) is 4.76. The van der Waals surface area contributed by atoms with Crippen molar-refractivity contribution >= 4 is 16.7 Å². The number of benzene rings is 2. The number of rotatable bonds is 6. The van der Waals surface area contributed by atoms with Gasteiger partial charge in [0.25, 0.3) is 11.6 Å². The largest absolute Gasteiger partial charge is 0.435 e. The van der Waals surface area contributed by atoms with Crippen molar-refractivity contribution in [2.45, 2.75) is 20.4 Å². The average molecular weight is 433 g/mol. The smallest absolute Gasteiger partial charge is 0.336 e. The van der Waals surface area contributed by atoms with Crippen LogP contribution in [0.1, 0.15) is 13.8 Å². The van der Waals surface area contributed by atoms with E-state index in [2.05, 4.69) is 4.98 Å². The molecule has 162 valence electrons. The maximum Gasteiger partial charge on any atom is 0.336 e. The molecule has 0 amide bonds. The van der Waals surface area contributed by atoms with Crippen LogP contribution in [0.2, 0.25) is 0 Å². The summed E-state index contributed by atoms with van der Waals surface area (Å²) in [6, 6.07) is 12.1. The number of nitro benzene ring substituents is 1. The van der Waals surface area contributed by atoms with Crippen LogP contribution in [0, 0.1) is 16.0 Å². The van der Waals surface area contributed by atoms with Crippen molar-refractivity contribution in [1.82, 2.24) is 9.55 Å². The number of hydrogen-bond acceptors (Lipinski definition) is 7. The van der Waals surface area contributed by atoms with Gasteiger partial charge in [-0.1, -0.05) is 13.8 Å². The third-order valence-electron chi connectivity index (χ3n) is 4.76. The van der Waals surface area contributed by atoms with Gasteiger partial charge in [-0.2, -0.15) is 0 Å². The monoisotopic (exact) mass is 433 g/mol. The molecule has 0 bridgehead atoms. The van der Waals surface area contributed by atoms with E-state index < -0.39 is 10.5 Å². The fraction of sp³-hybridized carbons (Fsp3) is 0.174. The SMILES string of the molecule is CC(C)Cn1ccnc(Oc2ccc3c(-c4ccc([N+](=O)[O-])cc4)cc(=O)oc3c2)c1=O. The van der Waals surface area contributed by atoms with E-state index in [0.717, 1.165) is 0 Å².